The third-order valence-electron chi connectivity index (χ3n) is 12.7. The van der Waals surface area contributed by atoms with Crippen molar-refractivity contribution in [3.63, 3.8) is 0 Å². The molecule has 2 aliphatic heterocycles. The van der Waals surface area contributed by atoms with Crippen LogP contribution < -0.4 is 15.4 Å². The molecule has 68 heavy (non-hydrogen) atoms. The number of amides is 3. The molecule has 0 bridgehead atoms. The van der Waals surface area contributed by atoms with Crippen molar-refractivity contribution in [2.24, 2.45) is 10.4 Å². The van der Waals surface area contributed by atoms with Gasteiger partial charge in [-0.1, -0.05) is 81.4 Å². The zero-order chi connectivity index (χ0) is 48.8. The van der Waals surface area contributed by atoms with E-state index in [-0.39, 0.29) is 31.3 Å². The number of aliphatic carboxylic acids is 1. The Kier molecular flexibility index (Phi) is 13.5. The van der Waals surface area contributed by atoms with Gasteiger partial charge >= 0.3 is 5.97 Å². The van der Waals surface area contributed by atoms with E-state index in [0.717, 1.165) is 59.4 Å². The van der Waals surface area contributed by atoms with E-state index in [9.17, 15) is 29.4 Å². The van der Waals surface area contributed by atoms with Crippen molar-refractivity contribution in [2.45, 2.75) is 112 Å². The van der Waals surface area contributed by atoms with E-state index in [1.807, 2.05) is 112 Å². The third-order valence-corrected chi connectivity index (χ3v) is 14.8. The lowest BCUT2D eigenvalue weighted by molar-refractivity contribution is -0.145. The lowest BCUT2D eigenvalue weighted by Crippen LogP contribution is -2.59. The number of aliphatic hydroxyl groups excluding tert-OH is 1. The number of ether oxygens (including phenoxy) is 1. The number of carboxylic acid groups (broad SMARTS) is 1. The van der Waals surface area contributed by atoms with Gasteiger partial charge in [-0.2, -0.15) is 0 Å². The minimum atomic E-state index is -1.03. The van der Waals surface area contributed by atoms with E-state index in [1.54, 1.807) is 41.7 Å². The van der Waals surface area contributed by atoms with Gasteiger partial charge in [-0.3, -0.25) is 28.7 Å². The van der Waals surface area contributed by atoms with Crippen molar-refractivity contribution in [1.82, 2.24) is 35.3 Å². The van der Waals surface area contributed by atoms with Crippen molar-refractivity contribution in [3.05, 3.63) is 123 Å². The van der Waals surface area contributed by atoms with Gasteiger partial charge in [-0.15, -0.1) is 32.9 Å². The number of fused-ring (bicyclic) bond motifs is 3. The first kappa shape index (κ1) is 47.9. The molecule has 354 valence electrons. The number of likely N-dealkylation sites (tertiary alicyclic amines) is 1. The number of aliphatic imine (C=N–C) groups is 1. The standard InChI is InChI=1S/C51H56N8O7S2/c1-26-30(5)68-50-42(26)43(54-39(23-41(61)62)46-57-56-31(6)59(46)50)35-14-12-33(13-15-35)34-18-20-38(21-19-34)66-29(4)47(63)55-45(51(7,8)9)49(65)58-24-37(60)22-40(58)48(64)53-27(2)32-10-16-36(17-11-32)44-28(3)52-25-67-44/h10-21,25,27,29,37,39-40,45,60H,22-24H2,1-9H3,(H,53,64)(H,55,63)(H,61,62)/t27-,29+,37+,39-,40-,45+/m0/s1. The predicted molar refractivity (Wildman–Crippen MR) is 262 cm³/mol. The maximum atomic E-state index is 14.3. The van der Waals surface area contributed by atoms with Gasteiger partial charge in [0.1, 0.15) is 34.7 Å². The average Bonchev–Trinajstić information content (AvgIpc) is 4.07. The van der Waals surface area contributed by atoms with Crippen molar-refractivity contribution >= 4 is 52.1 Å². The number of thiophene rings is 1. The normalized spacial score (nSPS) is 18.1. The summed E-state index contributed by atoms with van der Waals surface area (Å²) < 4.78 is 8.03. The first-order valence-corrected chi connectivity index (χ1v) is 24.3. The number of rotatable bonds is 13. The monoisotopic (exact) mass is 956 g/mol. The Bertz CT molecular complexity index is 2900. The van der Waals surface area contributed by atoms with Crippen LogP contribution in [0.15, 0.2) is 83.3 Å². The van der Waals surface area contributed by atoms with Crippen LogP contribution in [0.4, 0.5) is 0 Å². The van der Waals surface area contributed by atoms with Gasteiger partial charge in [0, 0.05) is 29.0 Å². The summed E-state index contributed by atoms with van der Waals surface area (Å²) in [6, 6.07) is 20.1. The van der Waals surface area contributed by atoms with Gasteiger partial charge < -0.3 is 30.5 Å². The number of β-amino-alcohol motifs (C(OH)–C–C–N with tert-alkyl or cyclic N) is 1. The Morgan fingerprint density at radius 1 is 0.868 bits per heavy atom. The maximum Gasteiger partial charge on any atom is 0.306 e. The molecule has 1 fully saturated rings. The summed E-state index contributed by atoms with van der Waals surface area (Å²) in [5.41, 5.74) is 9.30. The first-order chi connectivity index (χ1) is 32.3. The molecule has 8 rings (SSSR count). The van der Waals surface area contributed by atoms with E-state index >= 15 is 0 Å². The van der Waals surface area contributed by atoms with Gasteiger partial charge in [0.05, 0.1) is 40.4 Å². The quantitative estimate of drug-likeness (QED) is 0.0883. The summed E-state index contributed by atoms with van der Waals surface area (Å²) in [5, 5.41) is 36.0. The number of nitrogens with one attached hydrogen (secondary N) is 2. The molecular formula is C51H56N8O7S2. The number of aryl methyl sites for hydroxylation is 3. The fourth-order valence-electron chi connectivity index (χ4n) is 8.77. The molecule has 0 radical (unpaired) electrons. The van der Waals surface area contributed by atoms with Crippen LogP contribution in [0, 0.1) is 33.1 Å². The van der Waals surface area contributed by atoms with Crippen LogP contribution in [0.1, 0.15) is 104 Å². The molecule has 17 heteroatoms. The molecule has 3 aromatic heterocycles. The van der Waals surface area contributed by atoms with Gasteiger partial charge in [0.2, 0.25) is 11.8 Å². The molecule has 3 amide bonds. The van der Waals surface area contributed by atoms with Gasteiger partial charge in [0.15, 0.2) is 11.9 Å². The molecule has 4 N–H and O–H groups in total. The highest BCUT2D eigenvalue weighted by atomic mass is 32.1. The van der Waals surface area contributed by atoms with E-state index in [1.165, 1.54) is 4.90 Å². The number of aliphatic hydroxyl groups is 1. The highest BCUT2D eigenvalue weighted by molar-refractivity contribution is 7.15. The Hall–Kier alpha value is -6.56. The Balaban J connectivity index is 0.918. The zero-order valence-corrected chi connectivity index (χ0v) is 41.2. The summed E-state index contributed by atoms with van der Waals surface area (Å²) in [4.78, 5) is 66.8. The number of nitrogens with zero attached hydrogens (tertiary/aromatic N) is 6. The summed E-state index contributed by atoms with van der Waals surface area (Å²) in [6.07, 6.45) is -2.04. The average molecular weight is 957 g/mol. The number of carboxylic acids is 1. The second kappa shape index (κ2) is 19.2. The number of thiazole rings is 1. The molecule has 6 aromatic rings. The summed E-state index contributed by atoms with van der Waals surface area (Å²) in [6.45, 7) is 16.9. The number of hydrogen-bond donors (Lipinski definition) is 4. The lowest BCUT2D eigenvalue weighted by atomic mass is 9.85. The number of benzene rings is 3. The summed E-state index contributed by atoms with van der Waals surface area (Å²) >= 11 is 3.18. The topological polar surface area (TPSA) is 201 Å². The highest BCUT2D eigenvalue weighted by Gasteiger charge is 2.45. The van der Waals surface area contributed by atoms with E-state index in [2.05, 4.69) is 39.7 Å². The molecule has 1 saturated heterocycles. The van der Waals surface area contributed by atoms with Crippen molar-refractivity contribution in [1.29, 1.82) is 0 Å². The number of carbonyl (C=O) groups is 4. The molecule has 5 heterocycles. The second-order valence-electron chi connectivity index (χ2n) is 18.7. The Morgan fingerprint density at radius 3 is 2.12 bits per heavy atom. The van der Waals surface area contributed by atoms with Crippen LogP contribution >= 0.6 is 22.7 Å². The molecule has 0 saturated carbocycles. The second-order valence-corrected chi connectivity index (χ2v) is 20.7. The number of hydrogen-bond acceptors (Lipinski definition) is 12. The number of carbonyl (C=O) groups excluding carboxylic acids is 3. The fraction of sp³-hybridized carbons (Fsp3) is 0.373. The van der Waals surface area contributed by atoms with Gasteiger partial charge in [-0.05, 0) is 86.9 Å². The van der Waals surface area contributed by atoms with Crippen LogP contribution in [0.25, 0.3) is 26.6 Å². The maximum absolute atomic E-state index is 14.3. The summed E-state index contributed by atoms with van der Waals surface area (Å²) in [5.74, 6) is -0.723. The highest BCUT2D eigenvalue weighted by Crippen LogP contribution is 2.40. The largest absolute Gasteiger partial charge is 0.481 e. The molecule has 15 nitrogen and oxygen atoms in total. The van der Waals surface area contributed by atoms with E-state index < -0.39 is 53.5 Å². The van der Waals surface area contributed by atoms with E-state index in [0.29, 0.717) is 23.1 Å². The lowest BCUT2D eigenvalue weighted by Gasteiger charge is -2.36. The van der Waals surface area contributed by atoms with Crippen LogP contribution in [-0.2, 0) is 19.2 Å². The molecule has 0 aliphatic carbocycles. The molecule has 6 atom stereocenters. The molecule has 0 spiro atoms. The van der Waals surface area contributed by atoms with Crippen molar-refractivity contribution < 1.29 is 34.1 Å². The first-order valence-electron chi connectivity index (χ1n) is 22.6. The van der Waals surface area contributed by atoms with Crippen LogP contribution in [0.5, 0.6) is 5.75 Å². The van der Waals surface area contributed by atoms with E-state index in [4.69, 9.17) is 9.73 Å². The SMILES string of the molecule is Cc1ncsc1-c1ccc([C@H](C)NC(=O)[C@@H]2C[C@@H](O)CN2C(=O)[C@@H](NC(=O)[C@@H](C)Oc2ccc(-c3ccc(C4=N[C@@H](CC(=O)O)c5nnc(C)n5-c5sc(C)c(C)c54)cc3)cc2)C(C)(C)C)cc1. The zero-order valence-electron chi connectivity index (χ0n) is 39.5. The van der Waals surface area contributed by atoms with Crippen LogP contribution in [0.3, 0.4) is 0 Å². The van der Waals surface area contributed by atoms with Crippen LogP contribution in [0.2, 0.25) is 0 Å². The number of aromatic nitrogens is 4. The Morgan fingerprint density at radius 2 is 1.50 bits per heavy atom. The predicted octanol–water partition coefficient (Wildman–Crippen LogP) is 7.86. The van der Waals surface area contributed by atoms with Crippen molar-refractivity contribution in [3.8, 4) is 32.3 Å². The smallest absolute Gasteiger partial charge is 0.306 e. The van der Waals surface area contributed by atoms with Crippen LogP contribution in [-0.4, -0.2) is 95.1 Å². The molecule has 2 aliphatic rings. The third kappa shape index (κ3) is 9.73. The van der Waals surface area contributed by atoms with Gasteiger partial charge in [0.25, 0.3) is 5.91 Å². The minimum Gasteiger partial charge on any atom is -0.481 e. The van der Waals surface area contributed by atoms with Crippen molar-refractivity contribution in [2.75, 3.05) is 6.54 Å². The molecule has 3 aromatic carbocycles. The molecular weight excluding hydrogens is 901 g/mol. The Labute approximate surface area is 403 Å². The molecule has 0 unspecified atom stereocenters. The minimum absolute atomic E-state index is 0.0426. The fourth-order valence-corrected chi connectivity index (χ4v) is 10.8. The van der Waals surface area contributed by atoms with Gasteiger partial charge in [-0.25, -0.2) is 4.98 Å². The summed E-state index contributed by atoms with van der Waals surface area (Å²) in [7, 11) is 0.